The van der Waals surface area contributed by atoms with E-state index >= 15 is 0 Å². The van der Waals surface area contributed by atoms with Crippen molar-refractivity contribution in [2.45, 2.75) is 37.3 Å². The Labute approximate surface area is 112 Å². The SMILES string of the molecule is CC(=O)C(=O)NCCc1ccc(SC(C)C)cc1. The van der Waals surface area contributed by atoms with Gasteiger partial charge in [0.2, 0.25) is 5.78 Å². The number of hydrogen-bond acceptors (Lipinski definition) is 3. The number of rotatable bonds is 6. The number of benzene rings is 1. The van der Waals surface area contributed by atoms with Gasteiger partial charge in [-0.2, -0.15) is 0 Å². The van der Waals surface area contributed by atoms with Crippen LogP contribution < -0.4 is 5.32 Å². The zero-order chi connectivity index (χ0) is 13.5. The van der Waals surface area contributed by atoms with E-state index in [2.05, 4.69) is 43.4 Å². The molecule has 0 fully saturated rings. The van der Waals surface area contributed by atoms with Gasteiger partial charge in [0.15, 0.2) is 0 Å². The summed E-state index contributed by atoms with van der Waals surface area (Å²) in [7, 11) is 0. The molecule has 0 heterocycles. The van der Waals surface area contributed by atoms with Gasteiger partial charge in [-0.05, 0) is 24.1 Å². The van der Waals surface area contributed by atoms with Gasteiger partial charge >= 0.3 is 0 Å². The standard InChI is InChI=1S/C14H19NO2S/c1-10(2)18-13-6-4-12(5-7-13)8-9-15-14(17)11(3)16/h4-7,10H,8-9H2,1-3H3,(H,15,17). The van der Waals surface area contributed by atoms with Gasteiger partial charge in [0, 0.05) is 23.6 Å². The molecule has 1 aromatic rings. The van der Waals surface area contributed by atoms with Gasteiger partial charge in [0.1, 0.15) is 0 Å². The first-order valence-corrected chi connectivity index (χ1v) is 6.91. The monoisotopic (exact) mass is 265 g/mol. The van der Waals surface area contributed by atoms with E-state index in [-0.39, 0.29) is 0 Å². The van der Waals surface area contributed by atoms with Crippen LogP contribution in [-0.4, -0.2) is 23.5 Å². The van der Waals surface area contributed by atoms with Crippen molar-refractivity contribution in [2.75, 3.05) is 6.54 Å². The van der Waals surface area contributed by atoms with Crippen molar-refractivity contribution in [3.8, 4) is 0 Å². The van der Waals surface area contributed by atoms with E-state index in [0.29, 0.717) is 11.8 Å². The van der Waals surface area contributed by atoms with Crippen molar-refractivity contribution in [1.29, 1.82) is 0 Å². The van der Waals surface area contributed by atoms with Crippen molar-refractivity contribution >= 4 is 23.5 Å². The molecule has 1 amide bonds. The number of carbonyl (C=O) groups is 2. The van der Waals surface area contributed by atoms with Crippen LogP contribution in [0.3, 0.4) is 0 Å². The third kappa shape index (κ3) is 5.36. The topological polar surface area (TPSA) is 46.2 Å². The van der Waals surface area contributed by atoms with Crippen LogP contribution in [-0.2, 0) is 16.0 Å². The Hall–Kier alpha value is -1.29. The molecule has 0 aromatic heterocycles. The number of hydrogen-bond donors (Lipinski definition) is 1. The summed E-state index contributed by atoms with van der Waals surface area (Å²) in [5, 5.41) is 3.16. The van der Waals surface area contributed by atoms with Crippen molar-refractivity contribution < 1.29 is 9.59 Å². The first-order valence-electron chi connectivity index (χ1n) is 6.03. The van der Waals surface area contributed by atoms with E-state index in [1.807, 2.05) is 11.8 Å². The number of Topliss-reactive ketones (excluding diaryl/α,β-unsaturated/α-hetero) is 1. The van der Waals surface area contributed by atoms with Crippen LogP contribution in [0.4, 0.5) is 0 Å². The summed E-state index contributed by atoms with van der Waals surface area (Å²) in [4.78, 5) is 23.0. The summed E-state index contributed by atoms with van der Waals surface area (Å²) in [5.41, 5.74) is 1.16. The molecule has 0 saturated carbocycles. The lowest BCUT2D eigenvalue weighted by atomic mass is 10.1. The highest BCUT2D eigenvalue weighted by Crippen LogP contribution is 2.22. The van der Waals surface area contributed by atoms with Gasteiger partial charge in [0.05, 0.1) is 0 Å². The average molecular weight is 265 g/mol. The highest BCUT2D eigenvalue weighted by molar-refractivity contribution is 7.99. The Kier molecular flexibility index (Phi) is 5.92. The first-order chi connectivity index (χ1) is 8.49. The maximum Gasteiger partial charge on any atom is 0.287 e. The lowest BCUT2D eigenvalue weighted by Gasteiger charge is -2.06. The Bertz CT molecular complexity index is 412. The number of thioether (sulfide) groups is 1. The third-order valence-electron chi connectivity index (χ3n) is 2.31. The highest BCUT2D eigenvalue weighted by atomic mass is 32.2. The van der Waals surface area contributed by atoms with Crippen molar-refractivity contribution in [3.05, 3.63) is 29.8 Å². The van der Waals surface area contributed by atoms with Crippen LogP contribution in [0, 0.1) is 0 Å². The van der Waals surface area contributed by atoms with Crippen molar-refractivity contribution in [2.24, 2.45) is 0 Å². The molecule has 0 radical (unpaired) electrons. The fraction of sp³-hybridized carbons (Fsp3) is 0.429. The van der Waals surface area contributed by atoms with Gasteiger partial charge in [-0.1, -0.05) is 26.0 Å². The molecule has 0 saturated heterocycles. The summed E-state index contributed by atoms with van der Waals surface area (Å²) in [5.74, 6) is -0.958. The molecule has 18 heavy (non-hydrogen) atoms. The lowest BCUT2D eigenvalue weighted by molar-refractivity contribution is -0.136. The molecule has 0 spiro atoms. The normalized spacial score (nSPS) is 10.4. The molecule has 0 unspecified atom stereocenters. The Morgan fingerprint density at radius 1 is 1.22 bits per heavy atom. The zero-order valence-electron chi connectivity index (χ0n) is 11.0. The van der Waals surface area contributed by atoms with Crippen LogP contribution in [0.5, 0.6) is 0 Å². The predicted octanol–water partition coefficient (Wildman–Crippen LogP) is 2.43. The predicted molar refractivity (Wildman–Crippen MR) is 74.8 cm³/mol. The third-order valence-corrected chi connectivity index (χ3v) is 3.33. The molecular formula is C14H19NO2S. The van der Waals surface area contributed by atoms with Crippen LogP contribution in [0.2, 0.25) is 0 Å². The summed E-state index contributed by atoms with van der Waals surface area (Å²) in [6.07, 6.45) is 0.742. The number of nitrogens with one attached hydrogen (secondary N) is 1. The van der Waals surface area contributed by atoms with E-state index in [1.54, 1.807) is 0 Å². The Morgan fingerprint density at radius 3 is 2.33 bits per heavy atom. The minimum Gasteiger partial charge on any atom is -0.349 e. The molecule has 0 aliphatic carbocycles. The van der Waals surface area contributed by atoms with Gasteiger partial charge in [-0.3, -0.25) is 9.59 Å². The van der Waals surface area contributed by atoms with Crippen molar-refractivity contribution in [1.82, 2.24) is 5.32 Å². The Morgan fingerprint density at radius 2 is 1.83 bits per heavy atom. The minimum atomic E-state index is -0.512. The summed E-state index contributed by atoms with van der Waals surface area (Å²) >= 11 is 1.83. The van der Waals surface area contributed by atoms with E-state index in [9.17, 15) is 9.59 Å². The molecular weight excluding hydrogens is 246 g/mol. The second-order valence-electron chi connectivity index (χ2n) is 4.37. The van der Waals surface area contributed by atoms with E-state index in [1.165, 1.54) is 11.8 Å². The highest BCUT2D eigenvalue weighted by Gasteiger charge is 2.05. The van der Waals surface area contributed by atoms with E-state index in [0.717, 1.165) is 12.0 Å². The molecule has 1 rings (SSSR count). The number of ketones is 1. The molecule has 0 bridgehead atoms. The molecule has 4 heteroatoms. The molecule has 1 aromatic carbocycles. The van der Waals surface area contributed by atoms with Gasteiger partial charge in [-0.25, -0.2) is 0 Å². The summed E-state index contributed by atoms with van der Waals surface area (Å²) in [6, 6.07) is 8.30. The summed E-state index contributed by atoms with van der Waals surface area (Å²) < 4.78 is 0. The fourth-order valence-corrected chi connectivity index (χ4v) is 2.29. The molecule has 1 N–H and O–H groups in total. The van der Waals surface area contributed by atoms with Crippen LogP contribution in [0.15, 0.2) is 29.2 Å². The van der Waals surface area contributed by atoms with Crippen LogP contribution in [0.25, 0.3) is 0 Å². The quantitative estimate of drug-likeness (QED) is 0.635. The number of amides is 1. The second-order valence-corrected chi connectivity index (χ2v) is 6.02. The molecule has 98 valence electrons. The summed E-state index contributed by atoms with van der Waals surface area (Å²) in [6.45, 7) is 6.09. The first kappa shape index (κ1) is 14.8. The Balaban J connectivity index is 2.39. The molecule has 3 nitrogen and oxygen atoms in total. The average Bonchev–Trinajstić information content (AvgIpc) is 2.30. The number of carbonyl (C=O) groups excluding carboxylic acids is 2. The molecule has 0 aliphatic heterocycles. The van der Waals surface area contributed by atoms with Crippen LogP contribution >= 0.6 is 11.8 Å². The van der Waals surface area contributed by atoms with Crippen molar-refractivity contribution in [3.63, 3.8) is 0 Å². The minimum absolute atomic E-state index is 0.446. The van der Waals surface area contributed by atoms with E-state index in [4.69, 9.17) is 0 Å². The van der Waals surface area contributed by atoms with Crippen LogP contribution in [0.1, 0.15) is 26.3 Å². The fourth-order valence-electron chi connectivity index (χ4n) is 1.45. The maximum absolute atomic E-state index is 11.0. The zero-order valence-corrected chi connectivity index (χ0v) is 11.8. The molecule has 0 atom stereocenters. The van der Waals surface area contributed by atoms with Gasteiger partial charge in [-0.15, -0.1) is 11.8 Å². The smallest absolute Gasteiger partial charge is 0.287 e. The molecule has 0 aliphatic rings. The maximum atomic E-state index is 11.0. The lowest BCUT2D eigenvalue weighted by Crippen LogP contribution is -2.30. The van der Waals surface area contributed by atoms with Gasteiger partial charge < -0.3 is 5.32 Å². The van der Waals surface area contributed by atoms with E-state index < -0.39 is 11.7 Å². The largest absolute Gasteiger partial charge is 0.349 e. The second kappa shape index (κ2) is 7.21. The van der Waals surface area contributed by atoms with Gasteiger partial charge in [0.25, 0.3) is 5.91 Å².